The van der Waals surface area contributed by atoms with Crippen LogP contribution in [-0.4, -0.2) is 9.66 Å². The van der Waals surface area contributed by atoms with Crippen LogP contribution in [0.15, 0.2) is 27.5 Å². The van der Waals surface area contributed by atoms with Crippen molar-refractivity contribution in [2.45, 2.75) is 32.6 Å². The molecular formula is C13H16BrN3O. The largest absolute Gasteiger partial charge is 0.335 e. The first-order valence-corrected chi connectivity index (χ1v) is 6.89. The molecule has 2 rings (SSSR count). The Balaban J connectivity index is 2.47. The van der Waals surface area contributed by atoms with Gasteiger partial charge in [0, 0.05) is 10.9 Å². The molecule has 0 saturated carbocycles. The molecule has 0 unspecified atom stereocenters. The van der Waals surface area contributed by atoms with Crippen molar-refractivity contribution in [1.29, 1.82) is 0 Å². The molecule has 0 fully saturated rings. The van der Waals surface area contributed by atoms with E-state index in [1.807, 2.05) is 12.1 Å². The number of benzene rings is 1. The molecule has 0 atom stereocenters. The topological polar surface area (TPSA) is 60.9 Å². The fourth-order valence-corrected chi connectivity index (χ4v) is 2.29. The minimum absolute atomic E-state index is 0.187. The Labute approximate surface area is 114 Å². The number of fused-ring (bicyclic) bond motifs is 1. The highest BCUT2D eigenvalue weighted by atomic mass is 79.9. The van der Waals surface area contributed by atoms with Crippen molar-refractivity contribution < 1.29 is 0 Å². The number of aromatic nitrogens is 2. The number of nitrogens with two attached hydrogens (primary N) is 1. The van der Waals surface area contributed by atoms with Gasteiger partial charge >= 0.3 is 0 Å². The molecule has 0 aliphatic rings. The average molecular weight is 310 g/mol. The van der Waals surface area contributed by atoms with E-state index in [0.29, 0.717) is 16.7 Å². The van der Waals surface area contributed by atoms with Gasteiger partial charge in [-0.1, -0.05) is 35.7 Å². The van der Waals surface area contributed by atoms with E-state index in [0.717, 1.165) is 30.2 Å². The van der Waals surface area contributed by atoms with Gasteiger partial charge in [-0.05, 0) is 24.6 Å². The third-order valence-corrected chi connectivity index (χ3v) is 3.43. The Hall–Kier alpha value is -1.36. The van der Waals surface area contributed by atoms with Gasteiger partial charge in [-0.15, -0.1) is 0 Å². The second kappa shape index (κ2) is 5.52. The van der Waals surface area contributed by atoms with Crippen molar-refractivity contribution >= 4 is 26.8 Å². The maximum Gasteiger partial charge on any atom is 0.279 e. The summed E-state index contributed by atoms with van der Waals surface area (Å²) in [6, 6.07) is 5.47. The van der Waals surface area contributed by atoms with Gasteiger partial charge in [0.15, 0.2) is 0 Å². The normalized spacial score (nSPS) is 11.0. The van der Waals surface area contributed by atoms with E-state index < -0.39 is 0 Å². The molecule has 5 heteroatoms. The van der Waals surface area contributed by atoms with Gasteiger partial charge in [-0.3, -0.25) is 4.79 Å². The van der Waals surface area contributed by atoms with E-state index in [4.69, 9.17) is 5.84 Å². The predicted molar refractivity (Wildman–Crippen MR) is 77.1 cm³/mol. The first kappa shape index (κ1) is 13.1. The van der Waals surface area contributed by atoms with Gasteiger partial charge < -0.3 is 5.84 Å². The molecule has 18 heavy (non-hydrogen) atoms. The van der Waals surface area contributed by atoms with Crippen molar-refractivity contribution in [2.24, 2.45) is 0 Å². The smallest absolute Gasteiger partial charge is 0.279 e. The van der Waals surface area contributed by atoms with Crippen LogP contribution < -0.4 is 11.4 Å². The second-order valence-corrected chi connectivity index (χ2v) is 5.24. The number of hydrogen-bond donors (Lipinski definition) is 1. The highest BCUT2D eigenvalue weighted by molar-refractivity contribution is 9.10. The van der Waals surface area contributed by atoms with Crippen LogP contribution in [0.25, 0.3) is 10.9 Å². The number of nitrogen functional groups attached to an aromatic ring is 1. The standard InChI is InChI=1S/C13H16BrN3O/c1-2-3-4-5-12-16-11-7-6-9(14)8-10(11)13(18)17(12)15/h6-8H,2-5,15H2,1H3. The van der Waals surface area contributed by atoms with Crippen LogP contribution in [-0.2, 0) is 6.42 Å². The van der Waals surface area contributed by atoms with E-state index in [2.05, 4.69) is 27.8 Å². The number of unbranched alkanes of at least 4 members (excludes halogenated alkanes) is 2. The Morgan fingerprint density at radius 3 is 2.89 bits per heavy atom. The zero-order chi connectivity index (χ0) is 13.1. The van der Waals surface area contributed by atoms with Crippen molar-refractivity contribution in [2.75, 3.05) is 5.84 Å². The van der Waals surface area contributed by atoms with Gasteiger partial charge in [-0.2, -0.15) is 0 Å². The molecule has 0 saturated heterocycles. The first-order chi connectivity index (χ1) is 8.63. The van der Waals surface area contributed by atoms with Crippen molar-refractivity contribution in [3.05, 3.63) is 38.9 Å². The van der Waals surface area contributed by atoms with Crippen LogP contribution in [0.1, 0.15) is 32.0 Å². The van der Waals surface area contributed by atoms with E-state index in [1.165, 1.54) is 4.68 Å². The predicted octanol–water partition coefficient (Wildman–Crippen LogP) is 2.61. The van der Waals surface area contributed by atoms with Crippen LogP contribution in [0.4, 0.5) is 0 Å². The van der Waals surface area contributed by atoms with E-state index in [9.17, 15) is 4.79 Å². The number of rotatable bonds is 4. The van der Waals surface area contributed by atoms with Crippen LogP contribution >= 0.6 is 15.9 Å². The molecule has 0 radical (unpaired) electrons. The van der Waals surface area contributed by atoms with Gasteiger partial charge in [-0.25, -0.2) is 9.66 Å². The lowest BCUT2D eigenvalue weighted by atomic mass is 10.2. The molecule has 2 N–H and O–H groups in total. The molecule has 1 heterocycles. The molecule has 4 nitrogen and oxygen atoms in total. The van der Waals surface area contributed by atoms with E-state index >= 15 is 0 Å². The summed E-state index contributed by atoms with van der Waals surface area (Å²) in [4.78, 5) is 16.6. The summed E-state index contributed by atoms with van der Waals surface area (Å²) >= 11 is 3.34. The summed E-state index contributed by atoms with van der Waals surface area (Å²) in [5, 5.41) is 0.547. The molecule has 0 amide bonds. The summed E-state index contributed by atoms with van der Waals surface area (Å²) in [7, 11) is 0. The van der Waals surface area contributed by atoms with Crippen LogP contribution in [0.5, 0.6) is 0 Å². The van der Waals surface area contributed by atoms with Crippen LogP contribution in [0.2, 0.25) is 0 Å². The molecule has 96 valence electrons. The summed E-state index contributed by atoms with van der Waals surface area (Å²) in [6.07, 6.45) is 4.00. The SMILES string of the molecule is CCCCCc1nc2ccc(Br)cc2c(=O)n1N. The Bertz CT molecular complexity index is 621. The van der Waals surface area contributed by atoms with Gasteiger partial charge in [0.2, 0.25) is 0 Å². The van der Waals surface area contributed by atoms with Gasteiger partial charge in [0.25, 0.3) is 5.56 Å². The zero-order valence-corrected chi connectivity index (χ0v) is 11.9. The highest BCUT2D eigenvalue weighted by Gasteiger charge is 2.08. The second-order valence-electron chi connectivity index (χ2n) is 4.32. The molecule has 0 spiro atoms. The molecule has 1 aromatic carbocycles. The van der Waals surface area contributed by atoms with Crippen molar-refractivity contribution in [3.8, 4) is 0 Å². The average Bonchev–Trinajstić information content (AvgIpc) is 2.36. The lowest BCUT2D eigenvalue weighted by Crippen LogP contribution is -2.31. The third-order valence-electron chi connectivity index (χ3n) is 2.94. The Morgan fingerprint density at radius 2 is 2.17 bits per heavy atom. The highest BCUT2D eigenvalue weighted by Crippen LogP contribution is 2.16. The van der Waals surface area contributed by atoms with E-state index in [-0.39, 0.29) is 5.56 Å². The molecule has 2 aromatic rings. The fraction of sp³-hybridized carbons (Fsp3) is 0.385. The molecule has 0 bridgehead atoms. The van der Waals surface area contributed by atoms with E-state index in [1.54, 1.807) is 6.07 Å². The maximum absolute atomic E-state index is 12.1. The molecule has 0 aliphatic carbocycles. The number of hydrogen-bond acceptors (Lipinski definition) is 3. The Morgan fingerprint density at radius 1 is 1.39 bits per heavy atom. The monoisotopic (exact) mass is 309 g/mol. The number of halogens is 1. The zero-order valence-electron chi connectivity index (χ0n) is 10.3. The molecule has 0 aliphatic heterocycles. The summed E-state index contributed by atoms with van der Waals surface area (Å²) in [6.45, 7) is 2.14. The van der Waals surface area contributed by atoms with Crippen molar-refractivity contribution in [3.63, 3.8) is 0 Å². The summed E-state index contributed by atoms with van der Waals surface area (Å²) < 4.78 is 2.03. The van der Waals surface area contributed by atoms with Crippen LogP contribution in [0, 0.1) is 0 Å². The van der Waals surface area contributed by atoms with Gasteiger partial charge in [0.1, 0.15) is 5.82 Å². The minimum Gasteiger partial charge on any atom is -0.335 e. The summed E-state index contributed by atoms with van der Waals surface area (Å²) in [5.41, 5.74) is 0.518. The quantitative estimate of drug-likeness (QED) is 0.697. The number of nitrogens with zero attached hydrogens (tertiary/aromatic N) is 2. The fourth-order valence-electron chi connectivity index (χ4n) is 1.93. The minimum atomic E-state index is -0.187. The lowest BCUT2D eigenvalue weighted by Gasteiger charge is -2.08. The third kappa shape index (κ3) is 2.56. The number of aryl methyl sites for hydroxylation is 1. The molecular weight excluding hydrogens is 294 g/mol. The summed E-state index contributed by atoms with van der Waals surface area (Å²) in [5.74, 6) is 6.46. The Kier molecular flexibility index (Phi) is 4.01. The molecule has 1 aromatic heterocycles. The van der Waals surface area contributed by atoms with Crippen LogP contribution in [0.3, 0.4) is 0 Å². The maximum atomic E-state index is 12.1. The van der Waals surface area contributed by atoms with Gasteiger partial charge in [0.05, 0.1) is 10.9 Å². The lowest BCUT2D eigenvalue weighted by molar-refractivity contribution is 0.668. The first-order valence-electron chi connectivity index (χ1n) is 6.09. The van der Waals surface area contributed by atoms with Crippen molar-refractivity contribution in [1.82, 2.24) is 9.66 Å².